The number of nitrogen functional groups attached to an aromatic ring is 1. The number of aromatic hydroxyl groups is 1. The number of benzene rings is 2. The Kier molecular flexibility index (Phi) is 4.41. The molecule has 1 heterocycles. The molecule has 26 heavy (non-hydrogen) atoms. The third kappa shape index (κ3) is 3.69. The highest BCUT2D eigenvalue weighted by molar-refractivity contribution is 5.86. The van der Waals surface area contributed by atoms with Gasteiger partial charge in [-0.15, -0.1) is 0 Å². The summed E-state index contributed by atoms with van der Waals surface area (Å²) in [5, 5.41) is 14.1. The van der Waals surface area contributed by atoms with E-state index >= 15 is 0 Å². The smallest absolute Gasteiger partial charge is 0.416 e. The number of rotatable bonds is 3. The first-order valence-corrected chi connectivity index (χ1v) is 7.60. The molecule has 3 rings (SSSR count). The second kappa shape index (κ2) is 6.55. The number of anilines is 1. The van der Waals surface area contributed by atoms with Gasteiger partial charge in [0.1, 0.15) is 5.75 Å². The van der Waals surface area contributed by atoms with E-state index in [1.54, 1.807) is 25.3 Å². The number of hydrogen-bond acceptors (Lipinski definition) is 4. The van der Waals surface area contributed by atoms with Gasteiger partial charge >= 0.3 is 6.18 Å². The van der Waals surface area contributed by atoms with Crippen molar-refractivity contribution in [2.75, 3.05) is 5.73 Å². The van der Waals surface area contributed by atoms with Crippen LogP contribution in [0.4, 0.5) is 19.1 Å². The Morgan fingerprint density at radius 2 is 1.77 bits per heavy atom. The zero-order valence-corrected chi connectivity index (χ0v) is 13.7. The van der Waals surface area contributed by atoms with E-state index in [4.69, 9.17) is 5.73 Å². The summed E-state index contributed by atoms with van der Waals surface area (Å²) in [6, 6.07) is 9.50. The number of phenols is 1. The van der Waals surface area contributed by atoms with Crippen LogP contribution in [0.15, 0.2) is 53.8 Å². The minimum absolute atomic E-state index is 0.0141. The third-order valence-electron chi connectivity index (χ3n) is 3.73. The lowest BCUT2D eigenvalue weighted by Crippen LogP contribution is -2.04. The van der Waals surface area contributed by atoms with Crippen molar-refractivity contribution in [2.24, 2.45) is 5.10 Å². The Morgan fingerprint density at radius 3 is 2.35 bits per heavy atom. The molecule has 0 bridgehead atoms. The highest BCUT2D eigenvalue weighted by Crippen LogP contribution is 2.31. The number of aromatic nitrogens is 2. The Labute approximate surface area is 147 Å². The van der Waals surface area contributed by atoms with Crippen molar-refractivity contribution >= 4 is 12.2 Å². The molecule has 0 atom stereocenters. The number of aryl methyl sites for hydroxylation is 1. The molecule has 8 heteroatoms. The largest absolute Gasteiger partial charge is 0.507 e. The second-order valence-corrected chi connectivity index (χ2v) is 5.68. The van der Waals surface area contributed by atoms with Crippen LogP contribution >= 0.6 is 0 Å². The summed E-state index contributed by atoms with van der Waals surface area (Å²) >= 11 is 0. The maximum absolute atomic E-state index is 12.7. The van der Waals surface area contributed by atoms with Gasteiger partial charge in [-0.05, 0) is 42.3 Å². The molecule has 0 radical (unpaired) electrons. The van der Waals surface area contributed by atoms with Crippen LogP contribution in [0, 0.1) is 6.92 Å². The van der Waals surface area contributed by atoms with Gasteiger partial charge in [0.2, 0.25) is 5.95 Å². The molecule has 0 aliphatic heterocycles. The number of nitrogens with two attached hydrogens (primary N) is 1. The van der Waals surface area contributed by atoms with Crippen molar-refractivity contribution in [2.45, 2.75) is 13.1 Å². The van der Waals surface area contributed by atoms with Crippen LogP contribution in [-0.4, -0.2) is 21.0 Å². The van der Waals surface area contributed by atoms with Gasteiger partial charge in [0.25, 0.3) is 0 Å². The number of halogens is 3. The van der Waals surface area contributed by atoms with Gasteiger partial charge in [-0.3, -0.25) is 0 Å². The summed E-state index contributed by atoms with van der Waals surface area (Å²) < 4.78 is 39.4. The number of imidazole rings is 1. The molecule has 0 saturated carbocycles. The van der Waals surface area contributed by atoms with Crippen molar-refractivity contribution in [1.82, 2.24) is 9.66 Å². The monoisotopic (exact) mass is 360 g/mol. The van der Waals surface area contributed by atoms with Crippen molar-refractivity contribution in [3.63, 3.8) is 0 Å². The van der Waals surface area contributed by atoms with Gasteiger partial charge in [-0.1, -0.05) is 18.2 Å². The summed E-state index contributed by atoms with van der Waals surface area (Å²) in [6.07, 6.45) is -1.35. The van der Waals surface area contributed by atoms with E-state index in [2.05, 4.69) is 10.1 Å². The van der Waals surface area contributed by atoms with E-state index in [9.17, 15) is 18.3 Å². The van der Waals surface area contributed by atoms with Gasteiger partial charge in [-0.25, -0.2) is 9.66 Å². The van der Waals surface area contributed by atoms with Gasteiger partial charge in [0.15, 0.2) is 0 Å². The average molecular weight is 360 g/mol. The zero-order valence-electron chi connectivity index (χ0n) is 13.7. The highest BCUT2D eigenvalue weighted by Gasteiger charge is 2.29. The molecule has 0 fully saturated rings. The summed E-state index contributed by atoms with van der Waals surface area (Å²) in [5.41, 5.74) is 7.31. The van der Waals surface area contributed by atoms with Gasteiger partial charge < -0.3 is 10.8 Å². The fourth-order valence-corrected chi connectivity index (χ4v) is 2.41. The van der Waals surface area contributed by atoms with Crippen LogP contribution in [0.1, 0.15) is 16.8 Å². The molecular weight excluding hydrogens is 345 g/mol. The number of hydrogen-bond donors (Lipinski definition) is 2. The molecule has 0 saturated heterocycles. The van der Waals surface area contributed by atoms with E-state index < -0.39 is 11.7 Å². The fraction of sp³-hybridized carbons (Fsp3) is 0.111. The van der Waals surface area contributed by atoms with E-state index in [1.807, 2.05) is 0 Å². The SMILES string of the molecule is Cc1cn(N=Cc2cc(-c3ccc(C(F)(F)F)cc3)ccc2O)c(N)n1. The first-order valence-electron chi connectivity index (χ1n) is 7.60. The minimum atomic E-state index is -4.38. The molecule has 3 N–H and O–H groups in total. The van der Waals surface area contributed by atoms with Crippen molar-refractivity contribution < 1.29 is 18.3 Å². The van der Waals surface area contributed by atoms with E-state index in [0.29, 0.717) is 22.4 Å². The van der Waals surface area contributed by atoms with Crippen molar-refractivity contribution in [3.05, 3.63) is 65.5 Å². The average Bonchev–Trinajstić information content (AvgIpc) is 2.91. The summed E-state index contributed by atoms with van der Waals surface area (Å²) in [7, 11) is 0. The number of alkyl halides is 3. The molecule has 2 aromatic carbocycles. The van der Waals surface area contributed by atoms with Crippen LogP contribution in [0.3, 0.4) is 0 Å². The maximum atomic E-state index is 12.7. The number of nitrogens with zero attached hydrogens (tertiary/aromatic N) is 3. The summed E-state index contributed by atoms with van der Waals surface area (Å²) in [5.74, 6) is 0.192. The molecule has 5 nitrogen and oxygen atoms in total. The highest BCUT2D eigenvalue weighted by atomic mass is 19.4. The van der Waals surface area contributed by atoms with Crippen LogP contribution in [0.2, 0.25) is 0 Å². The van der Waals surface area contributed by atoms with Gasteiger partial charge in [0, 0.05) is 5.56 Å². The summed E-state index contributed by atoms with van der Waals surface area (Å²) in [4.78, 5) is 4.01. The Hall–Kier alpha value is -3.29. The lowest BCUT2D eigenvalue weighted by molar-refractivity contribution is -0.137. The van der Waals surface area contributed by atoms with E-state index in [-0.39, 0.29) is 11.7 Å². The first kappa shape index (κ1) is 17.5. The van der Waals surface area contributed by atoms with Crippen LogP contribution in [0.25, 0.3) is 11.1 Å². The summed E-state index contributed by atoms with van der Waals surface area (Å²) in [6.45, 7) is 1.77. The number of phenolic OH excluding ortho intramolecular Hbond substituents is 1. The molecule has 3 aromatic rings. The lowest BCUT2D eigenvalue weighted by atomic mass is 10.0. The molecule has 134 valence electrons. The van der Waals surface area contributed by atoms with Gasteiger partial charge in [0.05, 0.1) is 23.7 Å². The molecule has 0 unspecified atom stereocenters. The van der Waals surface area contributed by atoms with Gasteiger partial charge in [-0.2, -0.15) is 18.3 Å². The first-order chi connectivity index (χ1) is 12.2. The Morgan fingerprint density at radius 1 is 1.12 bits per heavy atom. The molecular formula is C18H15F3N4O. The molecule has 1 aromatic heterocycles. The van der Waals surface area contributed by atoms with Crippen LogP contribution in [0.5, 0.6) is 5.75 Å². The van der Waals surface area contributed by atoms with Crippen LogP contribution < -0.4 is 5.73 Å². The topological polar surface area (TPSA) is 76.4 Å². The predicted molar refractivity (Wildman–Crippen MR) is 92.9 cm³/mol. The zero-order chi connectivity index (χ0) is 18.9. The van der Waals surface area contributed by atoms with Crippen LogP contribution in [-0.2, 0) is 6.18 Å². The van der Waals surface area contributed by atoms with Crippen molar-refractivity contribution in [1.29, 1.82) is 0 Å². The minimum Gasteiger partial charge on any atom is -0.507 e. The molecule has 0 aliphatic rings. The normalized spacial score (nSPS) is 12.0. The third-order valence-corrected chi connectivity index (χ3v) is 3.73. The lowest BCUT2D eigenvalue weighted by Gasteiger charge is -2.09. The second-order valence-electron chi connectivity index (χ2n) is 5.68. The van der Waals surface area contributed by atoms with E-state index in [0.717, 1.165) is 12.1 Å². The quantitative estimate of drug-likeness (QED) is 0.692. The predicted octanol–water partition coefficient (Wildman–Crippen LogP) is 4.05. The maximum Gasteiger partial charge on any atom is 0.416 e. The Bertz CT molecular complexity index is 960. The van der Waals surface area contributed by atoms with Crippen molar-refractivity contribution in [3.8, 4) is 16.9 Å². The standard InChI is InChI=1S/C18H15F3N4O/c1-11-10-25(17(22)24-11)23-9-14-8-13(4-7-16(14)26)12-2-5-15(6-3-12)18(19,20)21/h2-10,26H,1H3,(H2,22,24). The molecule has 0 spiro atoms. The fourth-order valence-electron chi connectivity index (χ4n) is 2.41. The Balaban J connectivity index is 1.91. The van der Waals surface area contributed by atoms with E-state index in [1.165, 1.54) is 29.1 Å². The molecule has 0 amide bonds. The molecule has 0 aliphatic carbocycles.